The van der Waals surface area contributed by atoms with Crippen LogP contribution in [0.3, 0.4) is 0 Å². The molecule has 0 bridgehead atoms. The van der Waals surface area contributed by atoms with Gasteiger partial charge in [0.25, 0.3) is 0 Å². The van der Waals surface area contributed by atoms with Crippen molar-refractivity contribution in [2.45, 2.75) is 16.5 Å². The number of anilines is 1. The van der Waals surface area contributed by atoms with Crippen molar-refractivity contribution in [2.75, 3.05) is 18.4 Å². The molecule has 0 radical (unpaired) electrons. The number of rotatable bonds is 4. The van der Waals surface area contributed by atoms with E-state index in [2.05, 4.69) is 15.6 Å². The maximum atomic E-state index is 12.0. The number of carbonyl (C=O) groups excluding carboxylic acids is 1. The Hall–Kier alpha value is -1.50. The van der Waals surface area contributed by atoms with E-state index >= 15 is 0 Å². The van der Waals surface area contributed by atoms with Crippen molar-refractivity contribution in [2.24, 2.45) is 13.0 Å². The van der Waals surface area contributed by atoms with Gasteiger partial charge in [0, 0.05) is 36.6 Å². The molecule has 1 unspecified atom stereocenters. The maximum Gasteiger partial charge on any atom is 0.228 e. The number of hydrogen-bond donors (Lipinski definition) is 2. The number of halogens is 1. The number of nitrogens with zero attached hydrogens (tertiary/aromatic N) is 2. The fourth-order valence-electron chi connectivity index (χ4n) is 2.28. The Balaban J connectivity index is 0.00000176. The van der Waals surface area contributed by atoms with Crippen LogP contribution in [0.2, 0.25) is 0 Å². The summed E-state index contributed by atoms with van der Waals surface area (Å²) in [5.41, 5.74) is 0.844. The van der Waals surface area contributed by atoms with Crippen molar-refractivity contribution >= 4 is 35.8 Å². The number of benzene rings is 1. The number of aryl methyl sites for hydroxylation is 1. The molecule has 0 aliphatic carbocycles. The van der Waals surface area contributed by atoms with E-state index in [0.29, 0.717) is 0 Å². The van der Waals surface area contributed by atoms with Crippen molar-refractivity contribution in [3.63, 3.8) is 0 Å². The van der Waals surface area contributed by atoms with E-state index in [-0.39, 0.29) is 24.2 Å². The average Bonchev–Trinajstić information content (AvgIpc) is 3.14. The first-order chi connectivity index (χ1) is 10.2. The van der Waals surface area contributed by atoms with Gasteiger partial charge in [0.2, 0.25) is 5.91 Å². The molecule has 1 amide bonds. The van der Waals surface area contributed by atoms with E-state index in [1.54, 1.807) is 18.0 Å². The van der Waals surface area contributed by atoms with Crippen molar-refractivity contribution in [1.82, 2.24) is 14.9 Å². The molecule has 1 saturated heterocycles. The lowest BCUT2D eigenvalue weighted by atomic mass is 10.1. The molecule has 5 nitrogen and oxygen atoms in total. The smallest absolute Gasteiger partial charge is 0.228 e. The van der Waals surface area contributed by atoms with Gasteiger partial charge in [-0.15, -0.1) is 12.4 Å². The number of aromatic nitrogens is 2. The van der Waals surface area contributed by atoms with Crippen LogP contribution in [0.25, 0.3) is 0 Å². The Morgan fingerprint density at radius 1 is 1.41 bits per heavy atom. The maximum absolute atomic E-state index is 12.0. The highest BCUT2D eigenvalue weighted by molar-refractivity contribution is 7.99. The topological polar surface area (TPSA) is 59.0 Å². The Morgan fingerprint density at radius 3 is 2.77 bits per heavy atom. The Bertz CT molecular complexity index is 623. The lowest BCUT2D eigenvalue weighted by molar-refractivity contribution is -0.119. The van der Waals surface area contributed by atoms with Gasteiger partial charge in [-0.2, -0.15) is 0 Å². The van der Waals surface area contributed by atoms with Crippen LogP contribution in [0, 0.1) is 5.92 Å². The predicted molar refractivity (Wildman–Crippen MR) is 90.6 cm³/mol. The zero-order chi connectivity index (χ0) is 14.7. The van der Waals surface area contributed by atoms with Crippen LogP contribution >= 0.6 is 24.2 Å². The van der Waals surface area contributed by atoms with Crippen LogP contribution in [0.15, 0.2) is 46.7 Å². The Labute approximate surface area is 140 Å². The molecule has 1 fully saturated rings. The molecule has 118 valence electrons. The van der Waals surface area contributed by atoms with Crippen molar-refractivity contribution in [3.05, 3.63) is 36.7 Å². The molecule has 3 rings (SSSR count). The molecule has 7 heteroatoms. The highest BCUT2D eigenvalue weighted by Gasteiger charge is 2.22. The second kappa shape index (κ2) is 7.67. The van der Waals surface area contributed by atoms with Crippen LogP contribution in [0.4, 0.5) is 5.69 Å². The average molecular weight is 339 g/mol. The summed E-state index contributed by atoms with van der Waals surface area (Å²) in [6.07, 6.45) is 4.62. The first-order valence-electron chi connectivity index (χ1n) is 6.99. The SMILES string of the molecule is Cl.Cn1ccnc1Sc1ccc(NC(=O)C2CCNC2)cc1. The van der Waals surface area contributed by atoms with Crippen molar-refractivity contribution in [3.8, 4) is 0 Å². The van der Waals surface area contributed by atoms with Crippen LogP contribution in [0.1, 0.15) is 6.42 Å². The van der Waals surface area contributed by atoms with Gasteiger partial charge in [0.1, 0.15) is 0 Å². The fraction of sp³-hybridized carbons (Fsp3) is 0.333. The third-order valence-electron chi connectivity index (χ3n) is 3.54. The summed E-state index contributed by atoms with van der Waals surface area (Å²) in [4.78, 5) is 17.4. The minimum Gasteiger partial charge on any atom is -0.329 e. The molecule has 22 heavy (non-hydrogen) atoms. The number of imidazole rings is 1. The van der Waals surface area contributed by atoms with Gasteiger partial charge in [-0.1, -0.05) is 11.8 Å². The normalized spacial score (nSPS) is 17.0. The van der Waals surface area contributed by atoms with E-state index in [1.165, 1.54) is 0 Å². The Kier molecular flexibility index (Phi) is 5.88. The van der Waals surface area contributed by atoms with Gasteiger partial charge < -0.3 is 15.2 Å². The first-order valence-corrected chi connectivity index (χ1v) is 7.81. The fourth-order valence-corrected chi connectivity index (χ4v) is 3.09. The summed E-state index contributed by atoms with van der Waals surface area (Å²) >= 11 is 1.60. The predicted octanol–water partition coefficient (Wildman–Crippen LogP) is 2.54. The largest absolute Gasteiger partial charge is 0.329 e. The third-order valence-corrected chi connectivity index (χ3v) is 4.62. The number of carbonyl (C=O) groups is 1. The zero-order valence-electron chi connectivity index (χ0n) is 12.3. The highest BCUT2D eigenvalue weighted by atomic mass is 35.5. The molecular weight excluding hydrogens is 320 g/mol. The monoisotopic (exact) mass is 338 g/mol. The number of hydrogen-bond acceptors (Lipinski definition) is 4. The summed E-state index contributed by atoms with van der Waals surface area (Å²) in [6.45, 7) is 1.70. The first kappa shape index (κ1) is 16.9. The van der Waals surface area contributed by atoms with Crippen LogP contribution in [0.5, 0.6) is 0 Å². The van der Waals surface area contributed by atoms with Gasteiger partial charge in [-0.25, -0.2) is 4.98 Å². The van der Waals surface area contributed by atoms with Crippen molar-refractivity contribution < 1.29 is 4.79 Å². The molecule has 1 aromatic heterocycles. The third kappa shape index (κ3) is 4.03. The summed E-state index contributed by atoms with van der Waals surface area (Å²) in [5, 5.41) is 7.12. The quantitative estimate of drug-likeness (QED) is 0.899. The van der Waals surface area contributed by atoms with E-state index in [4.69, 9.17) is 0 Å². The van der Waals surface area contributed by atoms with Crippen LogP contribution in [-0.2, 0) is 11.8 Å². The molecule has 2 N–H and O–H groups in total. The lowest BCUT2D eigenvalue weighted by Gasteiger charge is -2.10. The van der Waals surface area contributed by atoms with Crippen molar-refractivity contribution in [1.29, 1.82) is 0 Å². The summed E-state index contributed by atoms with van der Waals surface area (Å²) < 4.78 is 1.98. The van der Waals surface area contributed by atoms with Gasteiger partial charge >= 0.3 is 0 Å². The van der Waals surface area contributed by atoms with Gasteiger partial charge in [0.05, 0.1) is 5.92 Å². The van der Waals surface area contributed by atoms with Crippen LogP contribution < -0.4 is 10.6 Å². The van der Waals surface area contributed by atoms with Gasteiger partial charge in [-0.3, -0.25) is 4.79 Å². The van der Waals surface area contributed by atoms with E-state index in [9.17, 15) is 4.79 Å². The summed E-state index contributed by atoms with van der Waals surface area (Å²) in [6, 6.07) is 7.88. The minimum atomic E-state index is 0. The molecule has 1 aromatic carbocycles. The molecule has 2 aromatic rings. The van der Waals surface area contributed by atoms with Gasteiger partial charge in [0.15, 0.2) is 5.16 Å². The molecule has 1 aliphatic rings. The molecule has 0 spiro atoms. The second-order valence-electron chi connectivity index (χ2n) is 5.13. The summed E-state index contributed by atoms with van der Waals surface area (Å²) in [7, 11) is 1.97. The van der Waals surface area contributed by atoms with Crippen LogP contribution in [-0.4, -0.2) is 28.5 Å². The summed E-state index contributed by atoms with van der Waals surface area (Å²) in [5.74, 6) is 0.191. The van der Waals surface area contributed by atoms with Gasteiger partial charge in [-0.05, 0) is 37.2 Å². The molecule has 1 aliphatic heterocycles. The number of nitrogens with one attached hydrogen (secondary N) is 2. The zero-order valence-corrected chi connectivity index (χ0v) is 13.9. The molecule has 1 atom stereocenters. The van der Waals surface area contributed by atoms with E-state index < -0.39 is 0 Å². The molecule has 2 heterocycles. The molecular formula is C15H19ClN4OS. The lowest BCUT2D eigenvalue weighted by Crippen LogP contribution is -2.24. The number of amides is 1. The minimum absolute atomic E-state index is 0. The molecule has 0 saturated carbocycles. The highest BCUT2D eigenvalue weighted by Crippen LogP contribution is 2.27. The standard InChI is InChI=1S/C15H18N4OS.ClH/c1-19-9-8-17-15(19)21-13-4-2-12(3-5-13)18-14(20)11-6-7-16-10-11;/h2-5,8-9,11,16H,6-7,10H2,1H3,(H,18,20);1H. The second-order valence-corrected chi connectivity index (χ2v) is 6.17. The Morgan fingerprint density at radius 2 is 2.18 bits per heavy atom. The van der Waals surface area contributed by atoms with E-state index in [1.807, 2.05) is 42.1 Å². The van der Waals surface area contributed by atoms with E-state index in [0.717, 1.165) is 35.2 Å².